The summed E-state index contributed by atoms with van der Waals surface area (Å²) in [5.74, 6) is -1.54. The van der Waals surface area contributed by atoms with Crippen LogP contribution in [0.4, 0.5) is 0 Å². The smallest absolute Gasteiger partial charge is 0.308 e. The standard InChI is InChI=1S/C14H23NO4/c1-4-5-8-19-11(3)13(16)15(12-6-7-12)9-10(2)14(17)18/h4,10-12H,1,5-9H2,2-3H3,(H,17,18). The van der Waals surface area contributed by atoms with Crippen molar-refractivity contribution in [3.63, 3.8) is 0 Å². The zero-order valence-corrected chi connectivity index (χ0v) is 11.7. The Labute approximate surface area is 114 Å². The third kappa shape index (κ3) is 5.03. The molecule has 0 heterocycles. The van der Waals surface area contributed by atoms with Crippen LogP contribution in [0, 0.1) is 5.92 Å². The molecule has 0 aromatic carbocycles. The van der Waals surface area contributed by atoms with Gasteiger partial charge in [0.05, 0.1) is 12.5 Å². The quantitative estimate of drug-likeness (QED) is 0.511. The predicted octanol–water partition coefficient (Wildman–Crippen LogP) is 1.68. The summed E-state index contributed by atoms with van der Waals surface area (Å²) in [5, 5.41) is 8.95. The van der Waals surface area contributed by atoms with Gasteiger partial charge in [-0.15, -0.1) is 6.58 Å². The number of amides is 1. The highest BCUT2D eigenvalue weighted by atomic mass is 16.5. The van der Waals surface area contributed by atoms with Crippen molar-refractivity contribution in [2.24, 2.45) is 5.92 Å². The molecule has 5 nitrogen and oxygen atoms in total. The lowest BCUT2D eigenvalue weighted by molar-refractivity contribution is -0.147. The Morgan fingerprint density at radius 2 is 2.11 bits per heavy atom. The summed E-state index contributed by atoms with van der Waals surface area (Å²) in [5.41, 5.74) is 0. The van der Waals surface area contributed by atoms with Gasteiger partial charge in [0.25, 0.3) is 5.91 Å². The van der Waals surface area contributed by atoms with Gasteiger partial charge in [-0.05, 0) is 26.2 Å². The third-order valence-corrected chi connectivity index (χ3v) is 3.20. The molecular weight excluding hydrogens is 246 g/mol. The van der Waals surface area contributed by atoms with Crippen LogP contribution in [-0.4, -0.2) is 47.2 Å². The molecule has 0 saturated heterocycles. The van der Waals surface area contributed by atoms with Gasteiger partial charge in [-0.25, -0.2) is 0 Å². The molecule has 1 saturated carbocycles. The highest BCUT2D eigenvalue weighted by Crippen LogP contribution is 2.28. The number of rotatable bonds is 9. The first-order valence-electron chi connectivity index (χ1n) is 6.73. The van der Waals surface area contributed by atoms with Gasteiger partial charge in [0, 0.05) is 12.6 Å². The number of carbonyl (C=O) groups excluding carboxylic acids is 1. The van der Waals surface area contributed by atoms with Crippen LogP contribution in [-0.2, 0) is 14.3 Å². The van der Waals surface area contributed by atoms with Crippen molar-refractivity contribution < 1.29 is 19.4 Å². The Bertz CT molecular complexity index is 338. The van der Waals surface area contributed by atoms with Crippen LogP contribution in [0.1, 0.15) is 33.1 Å². The Morgan fingerprint density at radius 3 is 2.58 bits per heavy atom. The van der Waals surface area contributed by atoms with Crippen molar-refractivity contribution >= 4 is 11.9 Å². The maximum absolute atomic E-state index is 12.3. The molecular formula is C14H23NO4. The van der Waals surface area contributed by atoms with Crippen LogP contribution in [0.5, 0.6) is 0 Å². The molecule has 108 valence electrons. The lowest BCUT2D eigenvalue weighted by Gasteiger charge is -2.27. The van der Waals surface area contributed by atoms with Gasteiger partial charge in [0.1, 0.15) is 6.10 Å². The van der Waals surface area contributed by atoms with Gasteiger partial charge in [0.15, 0.2) is 0 Å². The zero-order chi connectivity index (χ0) is 14.4. The van der Waals surface area contributed by atoms with Crippen LogP contribution in [0.2, 0.25) is 0 Å². The summed E-state index contributed by atoms with van der Waals surface area (Å²) in [6.07, 6.45) is 3.82. The van der Waals surface area contributed by atoms with Crippen LogP contribution in [0.15, 0.2) is 12.7 Å². The molecule has 19 heavy (non-hydrogen) atoms. The Kier molecular flexibility index (Phi) is 6.02. The molecule has 0 spiro atoms. The number of hydrogen-bond donors (Lipinski definition) is 1. The fraction of sp³-hybridized carbons (Fsp3) is 0.714. The maximum atomic E-state index is 12.3. The number of ether oxygens (including phenoxy) is 1. The van der Waals surface area contributed by atoms with E-state index in [4.69, 9.17) is 9.84 Å². The lowest BCUT2D eigenvalue weighted by atomic mass is 10.1. The molecule has 1 rings (SSSR count). The van der Waals surface area contributed by atoms with Crippen LogP contribution < -0.4 is 0 Å². The zero-order valence-electron chi connectivity index (χ0n) is 11.7. The topological polar surface area (TPSA) is 66.8 Å². The van der Waals surface area contributed by atoms with Crippen molar-refractivity contribution in [1.82, 2.24) is 4.90 Å². The monoisotopic (exact) mass is 269 g/mol. The van der Waals surface area contributed by atoms with Gasteiger partial charge in [0.2, 0.25) is 0 Å². The maximum Gasteiger partial charge on any atom is 0.308 e. The fourth-order valence-corrected chi connectivity index (χ4v) is 1.81. The summed E-state index contributed by atoms with van der Waals surface area (Å²) < 4.78 is 5.44. The molecule has 1 aliphatic rings. The Morgan fingerprint density at radius 1 is 1.47 bits per heavy atom. The minimum absolute atomic E-state index is 0.111. The number of carboxylic acid groups (broad SMARTS) is 1. The van der Waals surface area contributed by atoms with E-state index in [1.165, 1.54) is 0 Å². The molecule has 1 amide bonds. The van der Waals surface area contributed by atoms with Gasteiger partial charge >= 0.3 is 5.97 Å². The average molecular weight is 269 g/mol. The number of carbonyl (C=O) groups is 2. The molecule has 5 heteroatoms. The van der Waals surface area contributed by atoms with Crippen molar-refractivity contribution in [2.75, 3.05) is 13.2 Å². The van der Waals surface area contributed by atoms with E-state index in [-0.39, 0.29) is 18.5 Å². The number of carboxylic acids is 1. The van der Waals surface area contributed by atoms with Crippen molar-refractivity contribution in [3.05, 3.63) is 12.7 Å². The highest BCUT2D eigenvalue weighted by Gasteiger charge is 2.36. The Balaban J connectivity index is 2.52. The summed E-state index contributed by atoms with van der Waals surface area (Å²) >= 11 is 0. The second kappa shape index (κ2) is 7.28. The minimum atomic E-state index is -0.876. The van der Waals surface area contributed by atoms with Crippen LogP contribution >= 0.6 is 0 Å². The normalized spacial score (nSPS) is 17.6. The number of aliphatic carboxylic acids is 1. The SMILES string of the molecule is C=CCCOC(C)C(=O)N(CC(C)C(=O)O)C1CC1. The fourth-order valence-electron chi connectivity index (χ4n) is 1.81. The molecule has 1 fully saturated rings. The summed E-state index contributed by atoms with van der Waals surface area (Å²) in [7, 11) is 0. The first-order chi connectivity index (χ1) is 8.97. The van der Waals surface area contributed by atoms with E-state index in [0.717, 1.165) is 12.8 Å². The van der Waals surface area contributed by atoms with Crippen molar-refractivity contribution in [2.45, 2.75) is 45.3 Å². The summed E-state index contributed by atoms with van der Waals surface area (Å²) in [6, 6.07) is 0.194. The van der Waals surface area contributed by atoms with E-state index in [2.05, 4.69) is 6.58 Å². The molecule has 1 aliphatic carbocycles. The lowest BCUT2D eigenvalue weighted by Crippen LogP contribution is -2.44. The number of hydrogen-bond acceptors (Lipinski definition) is 3. The van der Waals surface area contributed by atoms with Crippen molar-refractivity contribution in [3.8, 4) is 0 Å². The first kappa shape index (κ1) is 15.7. The Hall–Kier alpha value is -1.36. The van der Waals surface area contributed by atoms with E-state index in [9.17, 15) is 9.59 Å². The number of nitrogens with zero attached hydrogens (tertiary/aromatic N) is 1. The molecule has 2 unspecified atom stereocenters. The molecule has 0 aromatic heterocycles. The minimum Gasteiger partial charge on any atom is -0.481 e. The van der Waals surface area contributed by atoms with Crippen LogP contribution in [0.3, 0.4) is 0 Å². The highest BCUT2D eigenvalue weighted by molar-refractivity contribution is 5.82. The van der Waals surface area contributed by atoms with E-state index in [0.29, 0.717) is 13.0 Å². The van der Waals surface area contributed by atoms with E-state index >= 15 is 0 Å². The molecule has 2 atom stereocenters. The van der Waals surface area contributed by atoms with E-state index in [1.807, 2.05) is 0 Å². The summed E-state index contributed by atoms with van der Waals surface area (Å²) in [6.45, 7) is 7.65. The van der Waals surface area contributed by atoms with Crippen LogP contribution in [0.25, 0.3) is 0 Å². The average Bonchev–Trinajstić information content (AvgIpc) is 3.19. The largest absolute Gasteiger partial charge is 0.481 e. The van der Waals surface area contributed by atoms with Gasteiger partial charge < -0.3 is 14.7 Å². The van der Waals surface area contributed by atoms with E-state index < -0.39 is 18.0 Å². The van der Waals surface area contributed by atoms with Crippen molar-refractivity contribution in [1.29, 1.82) is 0 Å². The van der Waals surface area contributed by atoms with Gasteiger partial charge in [-0.3, -0.25) is 9.59 Å². The van der Waals surface area contributed by atoms with Gasteiger partial charge in [-0.1, -0.05) is 13.0 Å². The third-order valence-electron chi connectivity index (χ3n) is 3.20. The van der Waals surface area contributed by atoms with E-state index in [1.54, 1.807) is 24.8 Å². The second-order valence-corrected chi connectivity index (χ2v) is 5.05. The second-order valence-electron chi connectivity index (χ2n) is 5.05. The molecule has 0 bridgehead atoms. The predicted molar refractivity (Wildman–Crippen MR) is 71.8 cm³/mol. The molecule has 0 aromatic rings. The van der Waals surface area contributed by atoms with Gasteiger partial charge in [-0.2, -0.15) is 0 Å². The molecule has 1 N–H and O–H groups in total. The first-order valence-corrected chi connectivity index (χ1v) is 6.73. The summed E-state index contributed by atoms with van der Waals surface area (Å²) in [4.78, 5) is 24.8. The molecule has 0 radical (unpaired) electrons. The molecule has 0 aliphatic heterocycles.